The van der Waals surface area contributed by atoms with Crippen molar-refractivity contribution < 1.29 is 9.59 Å². The van der Waals surface area contributed by atoms with Gasteiger partial charge in [0, 0.05) is 0 Å². The van der Waals surface area contributed by atoms with E-state index in [1.807, 2.05) is 0 Å². The summed E-state index contributed by atoms with van der Waals surface area (Å²) in [5, 5.41) is 8.25. The molecule has 0 atom stereocenters. The average molecular weight is 175 g/mol. The van der Waals surface area contributed by atoms with E-state index in [0.717, 1.165) is 17.5 Å². The third-order valence-electron chi connectivity index (χ3n) is 1.61. The van der Waals surface area contributed by atoms with Crippen molar-refractivity contribution in [2.24, 2.45) is 5.92 Å². The first-order valence-electron chi connectivity index (χ1n) is 4.63. The summed E-state index contributed by atoms with van der Waals surface area (Å²) in [4.78, 5) is 0. The maximum absolute atomic E-state index is 8.25. The van der Waals surface area contributed by atoms with Gasteiger partial charge in [-0.15, -0.1) is 0 Å². The van der Waals surface area contributed by atoms with Gasteiger partial charge < -0.3 is 9.59 Å². The lowest BCUT2D eigenvalue weighted by Crippen LogP contribution is -2.35. The van der Waals surface area contributed by atoms with Gasteiger partial charge in [-0.3, -0.25) is 0 Å². The fourth-order valence-corrected chi connectivity index (χ4v) is 0.974. The topological polar surface area (TPSA) is 23.1 Å². The van der Waals surface area contributed by atoms with Gasteiger partial charge in [0.25, 0.3) is 0 Å². The maximum Gasteiger partial charge on any atom is 0.0780 e. The zero-order valence-electron chi connectivity index (χ0n) is 9.55. The Morgan fingerprint density at radius 1 is 1.08 bits per heavy atom. The molecule has 0 heterocycles. The molecule has 0 aromatic carbocycles. The predicted molar refractivity (Wildman–Crippen MR) is 52.9 cm³/mol. The van der Waals surface area contributed by atoms with Crippen molar-refractivity contribution in [3.8, 4) is 0 Å². The minimum Gasteiger partial charge on any atom is -0.857 e. The molecule has 0 aliphatic carbocycles. The average Bonchev–Trinajstić information content (AvgIpc) is 1.88. The smallest absolute Gasteiger partial charge is 0.0780 e. The fourth-order valence-electron chi connectivity index (χ4n) is 0.974. The molecule has 76 valence electrons. The molecule has 0 fully saturated rings. The van der Waals surface area contributed by atoms with Gasteiger partial charge in [0.15, 0.2) is 0 Å². The second-order valence-corrected chi connectivity index (χ2v) is 4.55. The summed E-state index contributed by atoms with van der Waals surface area (Å²) in [6, 6.07) is 0. The van der Waals surface area contributed by atoms with Crippen LogP contribution in [-0.2, 0) is 0 Å². The Labute approximate surface area is 77.8 Å². The van der Waals surface area contributed by atoms with Crippen LogP contribution in [0, 0.1) is 5.92 Å². The quantitative estimate of drug-likeness (QED) is 0.587. The molecule has 0 bridgehead atoms. The molecule has 0 saturated carbocycles. The number of hydrogen-bond acceptors (Lipinski definition) is 1. The molecule has 0 saturated heterocycles. The minimum atomic E-state index is 0.750. The highest BCUT2D eigenvalue weighted by molar-refractivity contribution is 4.43. The lowest BCUT2D eigenvalue weighted by atomic mass is 10.1. The molecule has 0 spiro atoms. The van der Waals surface area contributed by atoms with E-state index in [4.69, 9.17) is 5.11 Å². The second kappa shape index (κ2) is 7.56. The highest BCUT2D eigenvalue weighted by atomic mass is 16.2. The molecule has 0 aliphatic rings. The predicted octanol–water partition coefficient (Wildman–Crippen LogP) is 1.11. The van der Waals surface area contributed by atoms with Crippen LogP contribution in [0.3, 0.4) is 0 Å². The molecule has 0 aromatic heterocycles. The van der Waals surface area contributed by atoms with Crippen LogP contribution in [0.5, 0.6) is 0 Å². The van der Waals surface area contributed by atoms with Gasteiger partial charge in [-0.2, -0.15) is 7.11 Å². The van der Waals surface area contributed by atoms with Gasteiger partial charge in [-0.1, -0.05) is 13.8 Å². The Balaban J connectivity index is 0. The molecular formula is C10H25NO. The van der Waals surface area contributed by atoms with E-state index in [9.17, 15) is 0 Å². The molecule has 2 heteroatoms. The molecule has 12 heavy (non-hydrogen) atoms. The minimum absolute atomic E-state index is 0.750. The normalized spacial score (nSPS) is 11.0. The standard InChI is InChI=1S/C9H22N.CH3O/c1-9(2)7-6-8-10(3,4)5;1-2/h9H,6-8H2,1-5H3;1H3/q+1;-1. The monoisotopic (exact) mass is 175 g/mol. The van der Waals surface area contributed by atoms with Crippen LogP contribution in [-0.4, -0.2) is 39.3 Å². The molecule has 0 aromatic rings. The fraction of sp³-hybridized carbons (Fsp3) is 1.00. The lowest BCUT2D eigenvalue weighted by Gasteiger charge is -2.24. The van der Waals surface area contributed by atoms with Crippen molar-refractivity contribution in [1.29, 1.82) is 0 Å². The number of quaternary nitrogens is 1. The molecule has 0 radical (unpaired) electrons. The van der Waals surface area contributed by atoms with Crippen LogP contribution in [0.2, 0.25) is 0 Å². The summed E-state index contributed by atoms with van der Waals surface area (Å²) < 4.78 is 1.10. The van der Waals surface area contributed by atoms with E-state index in [1.54, 1.807) is 0 Å². The Morgan fingerprint density at radius 2 is 1.50 bits per heavy atom. The van der Waals surface area contributed by atoms with Crippen molar-refractivity contribution in [1.82, 2.24) is 0 Å². The lowest BCUT2D eigenvalue weighted by molar-refractivity contribution is -0.870. The van der Waals surface area contributed by atoms with E-state index in [1.165, 1.54) is 19.4 Å². The van der Waals surface area contributed by atoms with Crippen molar-refractivity contribution in [2.45, 2.75) is 26.7 Å². The Bertz CT molecular complexity index is 84.3. The van der Waals surface area contributed by atoms with E-state index < -0.39 is 0 Å². The van der Waals surface area contributed by atoms with Crippen LogP contribution < -0.4 is 5.11 Å². The summed E-state index contributed by atoms with van der Waals surface area (Å²) in [6.07, 6.45) is 2.73. The first-order valence-corrected chi connectivity index (χ1v) is 4.63. The number of hydrogen-bond donors (Lipinski definition) is 0. The second-order valence-electron chi connectivity index (χ2n) is 4.55. The first kappa shape index (κ1) is 14.4. The van der Waals surface area contributed by atoms with Gasteiger partial charge in [0.05, 0.1) is 27.7 Å². The summed E-state index contributed by atoms with van der Waals surface area (Å²) >= 11 is 0. The largest absolute Gasteiger partial charge is 0.857 e. The SMILES string of the molecule is CC(C)CCC[N+](C)(C)C.C[O-]. The molecule has 0 aliphatic heterocycles. The first-order chi connectivity index (χ1) is 5.42. The highest BCUT2D eigenvalue weighted by Gasteiger charge is 2.05. The molecule has 0 rings (SSSR count). The number of rotatable bonds is 4. The van der Waals surface area contributed by atoms with E-state index in [-0.39, 0.29) is 0 Å². The zero-order chi connectivity index (χ0) is 10.2. The van der Waals surface area contributed by atoms with Gasteiger partial charge in [-0.25, -0.2) is 0 Å². The van der Waals surface area contributed by atoms with Gasteiger partial charge in [-0.05, 0) is 18.8 Å². The summed E-state index contributed by atoms with van der Waals surface area (Å²) in [7, 11) is 7.50. The van der Waals surface area contributed by atoms with Crippen LogP contribution in [0.4, 0.5) is 0 Å². The van der Waals surface area contributed by atoms with Gasteiger partial charge >= 0.3 is 0 Å². The Hall–Kier alpha value is -0.0800. The van der Waals surface area contributed by atoms with Crippen molar-refractivity contribution >= 4 is 0 Å². The van der Waals surface area contributed by atoms with Gasteiger partial charge in [0.1, 0.15) is 0 Å². The van der Waals surface area contributed by atoms with Crippen molar-refractivity contribution in [2.75, 3.05) is 34.8 Å². The van der Waals surface area contributed by atoms with E-state index >= 15 is 0 Å². The zero-order valence-corrected chi connectivity index (χ0v) is 9.55. The number of nitrogens with zero attached hydrogens (tertiary/aromatic N) is 1. The van der Waals surface area contributed by atoms with E-state index in [0.29, 0.717) is 0 Å². The summed E-state index contributed by atoms with van der Waals surface area (Å²) in [5.41, 5.74) is 0. The van der Waals surface area contributed by atoms with Crippen LogP contribution in [0.25, 0.3) is 0 Å². The third-order valence-corrected chi connectivity index (χ3v) is 1.61. The van der Waals surface area contributed by atoms with Crippen LogP contribution >= 0.6 is 0 Å². The Kier molecular flexibility index (Phi) is 9.10. The maximum atomic E-state index is 8.25. The molecule has 2 nitrogen and oxygen atoms in total. The van der Waals surface area contributed by atoms with Crippen LogP contribution in [0.1, 0.15) is 26.7 Å². The van der Waals surface area contributed by atoms with Gasteiger partial charge in [0.2, 0.25) is 0 Å². The summed E-state index contributed by atoms with van der Waals surface area (Å²) in [5.74, 6) is 0.867. The van der Waals surface area contributed by atoms with Crippen molar-refractivity contribution in [3.05, 3.63) is 0 Å². The molecule has 0 N–H and O–H groups in total. The highest BCUT2D eigenvalue weighted by Crippen LogP contribution is 2.05. The summed E-state index contributed by atoms with van der Waals surface area (Å²) in [6.45, 7) is 5.88. The van der Waals surface area contributed by atoms with Crippen molar-refractivity contribution in [3.63, 3.8) is 0 Å². The van der Waals surface area contributed by atoms with Crippen LogP contribution in [0.15, 0.2) is 0 Å². The molecular weight excluding hydrogens is 150 g/mol. The van der Waals surface area contributed by atoms with E-state index in [2.05, 4.69) is 35.0 Å². The molecule has 0 unspecified atom stereocenters. The Morgan fingerprint density at radius 3 is 1.75 bits per heavy atom. The molecule has 0 amide bonds. The third kappa shape index (κ3) is 16.5.